The van der Waals surface area contributed by atoms with E-state index in [4.69, 9.17) is 4.74 Å². The van der Waals surface area contributed by atoms with Crippen LogP contribution in [0.4, 0.5) is 0 Å². The highest BCUT2D eigenvalue weighted by Crippen LogP contribution is 2.29. The summed E-state index contributed by atoms with van der Waals surface area (Å²) in [5.41, 5.74) is 1.71. The van der Waals surface area contributed by atoms with Gasteiger partial charge < -0.3 is 10.1 Å². The summed E-state index contributed by atoms with van der Waals surface area (Å²) in [6, 6.07) is 8.97. The Morgan fingerprint density at radius 2 is 1.90 bits per heavy atom. The zero-order valence-electron chi connectivity index (χ0n) is 14.7. The van der Waals surface area contributed by atoms with Crippen molar-refractivity contribution in [3.8, 4) is 5.75 Å². The summed E-state index contributed by atoms with van der Waals surface area (Å²) in [5, 5.41) is 3.68. The van der Waals surface area contributed by atoms with Gasteiger partial charge in [0, 0.05) is 6.04 Å². The van der Waals surface area contributed by atoms with Crippen molar-refractivity contribution >= 4 is 0 Å². The van der Waals surface area contributed by atoms with E-state index < -0.39 is 0 Å². The first-order valence-electron chi connectivity index (χ1n) is 8.32. The van der Waals surface area contributed by atoms with Gasteiger partial charge in [0.1, 0.15) is 5.75 Å². The standard InChI is InChI=1S/C19H33NO/c1-7-13-20-18(11-12-19(4,5)6)16-9-8-10-17(14-16)21-15(2)3/h8-10,14-15,18,20H,7,11-13H2,1-6H3. The van der Waals surface area contributed by atoms with Gasteiger partial charge in [-0.2, -0.15) is 0 Å². The van der Waals surface area contributed by atoms with Crippen LogP contribution in [0, 0.1) is 5.41 Å². The van der Waals surface area contributed by atoms with Crippen LogP contribution in [0.3, 0.4) is 0 Å². The Morgan fingerprint density at radius 1 is 1.19 bits per heavy atom. The van der Waals surface area contributed by atoms with Gasteiger partial charge in [-0.25, -0.2) is 0 Å². The molecule has 120 valence electrons. The molecule has 0 radical (unpaired) electrons. The van der Waals surface area contributed by atoms with Crippen LogP contribution in [0.15, 0.2) is 24.3 Å². The van der Waals surface area contributed by atoms with Crippen LogP contribution in [-0.4, -0.2) is 12.6 Å². The van der Waals surface area contributed by atoms with Gasteiger partial charge in [0.05, 0.1) is 6.10 Å². The molecule has 1 aromatic carbocycles. The topological polar surface area (TPSA) is 21.3 Å². The predicted octanol–water partition coefficient (Wildman–Crippen LogP) is 5.34. The Labute approximate surface area is 131 Å². The van der Waals surface area contributed by atoms with Gasteiger partial charge in [0.25, 0.3) is 0 Å². The largest absolute Gasteiger partial charge is 0.491 e. The first-order valence-corrected chi connectivity index (χ1v) is 8.32. The third kappa shape index (κ3) is 7.52. The lowest BCUT2D eigenvalue weighted by molar-refractivity contribution is 0.242. The Balaban J connectivity index is 2.81. The van der Waals surface area contributed by atoms with Crippen LogP contribution in [0.5, 0.6) is 5.75 Å². The average Bonchev–Trinajstić information content (AvgIpc) is 2.37. The summed E-state index contributed by atoms with van der Waals surface area (Å²) in [6.07, 6.45) is 3.75. The molecule has 0 aliphatic carbocycles. The van der Waals surface area contributed by atoms with E-state index in [1.54, 1.807) is 0 Å². The van der Waals surface area contributed by atoms with Gasteiger partial charge in [-0.05, 0) is 62.8 Å². The van der Waals surface area contributed by atoms with Crippen molar-refractivity contribution in [1.82, 2.24) is 5.32 Å². The van der Waals surface area contributed by atoms with Crippen molar-refractivity contribution < 1.29 is 4.74 Å². The number of hydrogen-bond acceptors (Lipinski definition) is 2. The third-order valence-electron chi connectivity index (χ3n) is 3.46. The summed E-state index contributed by atoms with van der Waals surface area (Å²) >= 11 is 0. The molecule has 2 nitrogen and oxygen atoms in total. The number of nitrogens with one attached hydrogen (secondary N) is 1. The van der Waals surface area contributed by atoms with Crippen molar-refractivity contribution in [2.24, 2.45) is 5.41 Å². The highest BCUT2D eigenvalue weighted by molar-refractivity contribution is 5.30. The molecular formula is C19H33NO. The second-order valence-corrected chi connectivity index (χ2v) is 7.35. The number of rotatable bonds is 8. The van der Waals surface area contributed by atoms with E-state index in [1.807, 2.05) is 6.07 Å². The van der Waals surface area contributed by atoms with E-state index in [1.165, 1.54) is 12.0 Å². The molecule has 2 heteroatoms. The van der Waals surface area contributed by atoms with Crippen LogP contribution in [0.2, 0.25) is 0 Å². The van der Waals surface area contributed by atoms with Gasteiger partial charge in [0.15, 0.2) is 0 Å². The fourth-order valence-electron chi connectivity index (χ4n) is 2.36. The minimum atomic E-state index is 0.219. The van der Waals surface area contributed by atoms with Crippen LogP contribution in [-0.2, 0) is 0 Å². The van der Waals surface area contributed by atoms with E-state index in [0.29, 0.717) is 11.5 Å². The monoisotopic (exact) mass is 291 g/mol. The summed E-state index contributed by atoms with van der Waals surface area (Å²) in [4.78, 5) is 0. The van der Waals surface area contributed by atoms with Crippen molar-refractivity contribution in [3.05, 3.63) is 29.8 Å². The molecule has 1 N–H and O–H groups in total. The van der Waals surface area contributed by atoms with Gasteiger partial charge in [-0.15, -0.1) is 0 Å². The van der Waals surface area contributed by atoms with Crippen LogP contribution >= 0.6 is 0 Å². The van der Waals surface area contributed by atoms with E-state index >= 15 is 0 Å². The summed E-state index contributed by atoms with van der Waals surface area (Å²) < 4.78 is 5.83. The Hall–Kier alpha value is -1.02. The highest BCUT2D eigenvalue weighted by atomic mass is 16.5. The molecule has 0 aliphatic heterocycles. The molecule has 0 heterocycles. The Bertz CT molecular complexity index is 406. The number of hydrogen-bond donors (Lipinski definition) is 1. The van der Waals surface area contributed by atoms with Crippen molar-refractivity contribution in [2.45, 2.75) is 73.0 Å². The van der Waals surface area contributed by atoms with Gasteiger partial charge in [-0.1, -0.05) is 39.8 Å². The smallest absolute Gasteiger partial charge is 0.120 e. The average molecular weight is 291 g/mol. The van der Waals surface area contributed by atoms with Crippen molar-refractivity contribution in [1.29, 1.82) is 0 Å². The lowest BCUT2D eigenvalue weighted by Gasteiger charge is -2.25. The first kappa shape index (κ1) is 18.0. The van der Waals surface area contributed by atoms with Crippen LogP contribution in [0.25, 0.3) is 0 Å². The maximum atomic E-state index is 5.83. The van der Waals surface area contributed by atoms with Gasteiger partial charge in [-0.3, -0.25) is 0 Å². The zero-order valence-corrected chi connectivity index (χ0v) is 14.7. The molecule has 0 aromatic heterocycles. The zero-order chi connectivity index (χ0) is 15.9. The molecule has 1 aromatic rings. The molecule has 0 saturated heterocycles. The molecule has 21 heavy (non-hydrogen) atoms. The molecule has 0 amide bonds. The summed E-state index contributed by atoms with van der Waals surface area (Å²) in [7, 11) is 0. The normalized spacial score (nSPS) is 13.5. The molecule has 1 unspecified atom stereocenters. The minimum Gasteiger partial charge on any atom is -0.491 e. The van der Waals surface area contributed by atoms with E-state index in [0.717, 1.165) is 25.1 Å². The van der Waals surface area contributed by atoms with Crippen molar-refractivity contribution in [3.63, 3.8) is 0 Å². The fraction of sp³-hybridized carbons (Fsp3) is 0.684. The lowest BCUT2D eigenvalue weighted by Crippen LogP contribution is -2.23. The van der Waals surface area contributed by atoms with E-state index in [2.05, 4.69) is 65.1 Å². The van der Waals surface area contributed by atoms with Crippen LogP contribution in [0.1, 0.15) is 72.4 Å². The van der Waals surface area contributed by atoms with Crippen molar-refractivity contribution in [2.75, 3.05) is 6.54 Å². The molecule has 0 bridgehead atoms. The maximum absolute atomic E-state index is 5.83. The van der Waals surface area contributed by atoms with E-state index in [-0.39, 0.29) is 6.10 Å². The maximum Gasteiger partial charge on any atom is 0.120 e. The molecular weight excluding hydrogens is 258 g/mol. The molecule has 0 spiro atoms. The van der Waals surface area contributed by atoms with Gasteiger partial charge in [0.2, 0.25) is 0 Å². The second-order valence-electron chi connectivity index (χ2n) is 7.35. The molecule has 0 fully saturated rings. The summed E-state index contributed by atoms with van der Waals surface area (Å²) in [5.74, 6) is 0.974. The highest BCUT2D eigenvalue weighted by Gasteiger charge is 2.17. The number of ether oxygens (including phenoxy) is 1. The predicted molar refractivity (Wildman–Crippen MR) is 91.9 cm³/mol. The van der Waals surface area contributed by atoms with Crippen LogP contribution < -0.4 is 10.1 Å². The van der Waals surface area contributed by atoms with E-state index in [9.17, 15) is 0 Å². The van der Waals surface area contributed by atoms with Gasteiger partial charge >= 0.3 is 0 Å². The number of benzene rings is 1. The second kappa shape index (κ2) is 8.43. The molecule has 1 rings (SSSR count). The quantitative estimate of drug-likeness (QED) is 0.698. The fourth-order valence-corrected chi connectivity index (χ4v) is 2.36. The third-order valence-corrected chi connectivity index (χ3v) is 3.46. The first-order chi connectivity index (χ1) is 9.81. The molecule has 0 saturated carbocycles. The minimum absolute atomic E-state index is 0.219. The molecule has 1 atom stereocenters. The lowest BCUT2D eigenvalue weighted by atomic mass is 9.87. The Kier molecular flexibility index (Phi) is 7.24. The SMILES string of the molecule is CCCNC(CCC(C)(C)C)c1cccc(OC(C)C)c1. The molecule has 0 aliphatic rings. The summed E-state index contributed by atoms with van der Waals surface area (Å²) in [6.45, 7) is 14.3. The Morgan fingerprint density at radius 3 is 2.48 bits per heavy atom.